The lowest BCUT2D eigenvalue weighted by molar-refractivity contribution is 0.0833. The van der Waals surface area contributed by atoms with Gasteiger partial charge in [-0.2, -0.15) is 5.10 Å². The first-order valence-electron chi connectivity index (χ1n) is 9.98. The fourth-order valence-corrected chi connectivity index (χ4v) is 5.44. The highest BCUT2D eigenvalue weighted by atomic mass is 32.2. The highest BCUT2D eigenvalue weighted by molar-refractivity contribution is 7.89. The molecule has 1 N–H and O–H groups in total. The van der Waals surface area contributed by atoms with E-state index < -0.39 is 10.0 Å². The number of fused-ring (bicyclic) bond motifs is 3. The van der Waals surface area contributed by atoms with Gasteiger partial charge in [0.15, 0.2) is 0 Å². The van der Waals surface area contributed by atoms with Crippen LogP contribution in [0.25, 0.3) is 0 Å². The quantitative estimate of drug-likeness (QED) is 0.777. The van der Waals surface area contributed by atoms with Crippen LogP contribution in [0.2, 0.25) is 0 Å². The number of nitrogens with zero attached hydrogens (tertiary/aromatic N) is 5. The molecule has 1 aromatic heterocycles. The van der Waals surface area contributed by atoms with E-state index in [1.54, 1.807) is 27.9 Å². The topological polar surface area (TPSA) is 99.9 Å². The van der Waals surface area contributed by atoms with Crippen molar-refractivity contribution in [2.24, 2.45) is 12.0 Å². The van der Waals surface area contributed by atoms with E-state index >= 15 is 0 Å². The number of aromatic nitrogens is 2. The number of aliphatic imine (C=N–C) groups is 1. The fourth-order valence-electron chi connectivity index (χ4n) is 3.95. The van der Waals surface area contributed by atoms with Crippen LogP contribution in [0.4, 0.5) is 5.69 Å². The Morgan fingerprint density at radius 3 is 2.73 bits per heavy atom. The molecule has 1 fully saturated rings. The van der Waals surface area contributed by atoms with Crippen molar-refractivity contribution in [2.45, 2.75) is 49.7 Å². The first-order chi connectivity index (χ1) is 14.2. The summed E-state index contributed by atoms with van der Waals surface area (Å²) < 4.78 is 30.1. The van der Waals surface area contributed by atoms with E-state index in [2.05, 4.69) is 14.8 Å². The normalized spacial score (nSPS) is 22.0. The van der Waals surface area contributed by atoms with E-state index in [9.17, 15) is 13.2 Å². The van der Waals surface area contributed by atoms with E-state index in [0.29, 0.717) is 30.3 Å². The van der Waals surface area contributed by atoms with Crippen LogP contribution >= 0.6 is 0 Å². The van der Waals surface area contributed by atoms with Crippen LogP contribution in [0.5, 0.6) is 0 Å². The molecule has 3 aliphatic rings. The summed E-state index contributed by atoms with van der Waals surface area (Å²) in [5, 5.41) is 4.18. The number of benzene rings is 1. The van der Waals surface area contributed by atoms with Crippen LogP contribution in [0.15, 0.2) is 40.5 Å². The predicted octanol–water partition coefficient (Wildman–Crippen LogP) is 1.47. The zero-order chi connectivity index (χ0) is 21.3. The average Bonchev–Trinajstić information content (AvgIpc) is 3.07. The summed E-state index contributed by atoms with van der Waals surface area (Å²) >= 11 is 0. The van der Waals surface area contributed by atoms with Gasteiger partial charge in [-0.3, -0.25) is 14.4 Å². The molecule has 10 heteroatoms. The third-order valence-corrected chi connectivity index (χ3v) is 7.43. The third-order valence-electron chi connectivity index (χ3n) is 5.79. The Hall–Kier alpha value is -2.72. The second kappa shape index (κ2) is 6.39. The van der Waals surface area contributed by atoms with Gasteiger partial charge in [0, 0.05) is 30.9 Å². The maximum Gasteiger partial charge on any atom is 0.263 e. The van der Waals surface area contributed by atoms with Gasteiger partial charge in [-0.25, -0.2) is 18.1 Å². The summed E-state index contributed by atoms with van der Waals surface area (Å²) in [5.41, 5.74) is 1.57. The number of carbonyl (C=O) groups is 1. The highest BCUT2D eigenvalue weighted by Gasteiger charge is 2.43. The van der Waals surface area contributed by atoms with Crippen molar-refractivity contribution < 1.29 is 13.2 Å². The largest absolute Gasteiger partial charge is 0.309 e. The molecule has 2 aromatic rings. The van der Waals surface area contributed by atoms with Crippen molar-refractivity contribution >= 4 is 27.6 Å². The molecule has 5 rings (SSSR count). The van der Waals surface area contributed by atoms with Crippen LogP contribution in [-0.2, 0) is 23.6 Å². The number of hydrogen-bond donors (Lipinski definition) is 1. The Bertz CT molecular complexity index is 1180. The van der Waals surface area contributed by atoms with Gasteiger partial charge in [-0.1, -0.05) is 0 Å². The molecule has 1 aliphatic carbocycles. The first kappa shape index (κ1) is 19.3. The minimum Gasteiger partial charge on any atom is -0.309 e. The zero-order valence-electron chi connectivity index (χ0n) is 17.2. The second-order valence-corrected chi connectivity index (χ2v) is 10.3. The molecule has 0 unspecified atom stereocenters. The van der Waals surface area contributed by atoms with Crippen molar-refractivity contribution in [1.29, 1.82) is 0 Å². The highest BCUT2D eigenvalue weighted by Crippen LogP contribution is 2.38. The van der Waals surface area contributed by atoms with Crippen LogP contribution in [0, 0.1) is 0 Å². The van der Waals surface area contributed by atoms with Crippen molar-refractivity contribution in [3.05, 3.63) is 41.7 Å². The summed E-state index contributed by atoms with van der Waals surface area (Å²) in [5.74, 6) is 0.343. The Kier molecular flexibility index (Phi) is 4.10. The summed E-state index contributed by atoms with van der Waals surface area (Å²) in [6, 6.07) is 4.81. The number of nitrogens with one attached hydrogen (secondary N) is 1. The minimum absolute atomic E-state index is 0.0371. The molecular formula is C20H24N6O3S. The van der Waals surface area contributed by atoms with Crippen molar-refractivity contribution in [1.82, 2.24) is 19.4 Å². The SMILES string of the molecule is C[C@@H]1CN2C(=N1)N(Cc1cnn(C)c1)C(=O)c1cc(S(=O)(=O)NC3(C)CC3)ccc12. The van der Waals surface area contributed by atoms with Gasteiger partial charge in [0.25, 0.3) is 5.91 Å². The Balaban J connectivity index is 1.55. The van der Waals surface area contributed by atoms with Gasteiger partial charge in [-0.05, 0) is 44.9 Å². The van der Waals surface area contributed by atoms with E-state index in [1.165, 1.54) is 6.07 Å². The van der Waals surface area contributed by atoms with Crippen molar-refractivity contribution in [3.8, 4) is 0 Å². The summed E-state index contributed by atoms with van der Waals surface area (Å²) in [7, 11) is -1.88. The Morgan fingerprint density at radius 2 is 2.07 bits per heavy atom. The fraction of sp³-hybridized carbons (Fsp3) is 0.450. The number of carbonyl (C=O) groups excluding carboxylic acids is 1. The van der Waals surface area contributed by atoms with E-state index in [1.807, 2.05) is 32.0 Å². The number of anilines is 1. The molecule has 30 heavy (non-hydrogen) atoms. The second-order valence-electron chi connectivity index (χ2n) is 8.65. The Morgan fingerprint density at radius 1 is 1.30 bits per heavy atom. The molecule has 0 spiro atoms. The third kappa shape index (κ3) is 3.20. The molecule has 1 aromatic carbocycles. The summed E-state index contributed by atoms with van der Waals surface area (Å²) in [6.07, 6.45) is 5.21. The molecule has 0 bridgehead atoms. The van der Waals surface area contributed by atoms with Crippen LogP contribution in [0.3, 0.4) is 0 Å². The average molecular weight is 429 g/mol. The van der Waals surface area contributed by atoms with Crippen molar-refractivity contribution in [2.75, 3.05) is 11.4 Å². The molecule has 2 aliphatic heterocycles. The van der Waals surface area contributed by atoms with Gasteiger partial charge < -0.3 is 4.90 Å². The van der Waals surface area contributed by atoms with Crippen molar-refractivity contribution in [3.63, 3.8) is 0 Å². The maximum atomic E-state index is 13.4. The summed E-state index contributed by atoms with van der Waals surface area (Å²) in [4.78, 5) is 21.8. The molecule has 9 nitrogen and oxygen atoms in total. The predicted molar refractivity (Wildman–Crippen MR) is 112 cm³/mol. The molecule has 0 saturated heterocycles. The molecular weight excluding hydrogens is 404 g/mol. The van der Waals surface area contributed by atoms with Crippen LogP contribution < -0.4 is 9.62 Å². The Labute approximate surface area is 175 Å². The van der Waals surface area contributed by atoms with Crippen LogP contribution in [-0.4, -0.2) is 53.1 Å². The number of guanidine groups is 1. The first-order valence-corrected chi connectivity index (χ1v) is 11.5. The van der Waals surface area contributed by atoms with Gasteiger partial charge in [-0.15, -0.1) is 0 Å². The number of sulfonamides is 1. The minimum atomic E-state index is -3.70. The molecule has 1 atom stereocenters. The van der Waals surface area contributed by atoms with E-state index in [0.717, 1.165) is 18.4 Å². The van der Waals surface area contributed by atoms with Gasteiger partial charge in [0.05, 0.1) is 34.9 Å². The van der Waals surface area contributed by atoms with Crippen LogP contribution in [0.1, 0.15) is 42.6 Å². The standard InChI is InChI=1S/C20H24N6O3S/c1-13-10-25-17-5-4-15(30(28,29)23-20(2)6-7-20)8-16(17)18(27)26(19(25)22-13)12-14-9-21-24(3)11-14/h4-5,8-9,11,13,23H,6-7,10,12H2,1-3H3/t13-/m1/s1. The monoisotopic (exact) mass is 428 g/mol. The number of hydrogen-bond acceptors (Lipinski definition) is 6. The lowest BCUT2D eigenvalue weighted by atomic mass is 10.1. The van der Waals surface area contributed by atoms with Gasteiger partial charge in [0.1, 0.15) is 0 Å². The molecule has 3 heterocycles. The molecule has 158 valence electrons. The number of amides is 1. The number of aryl methyl sites for hydroxylation is 1. The van der Waals surface area contributed by atoms with Gasteiger partial charge >= 0.3 is 0 Å². The molecule has 1 amide bonds. The number of rotatable bonds is 5. The lowest BCUT2D eigenvalue weighted by Gasteiger charge is -2.35. The summed E-state index contributed by atoms with van der Waals surface area (Å²) in [6.45, 7) is 4.85. The molecule has 0 radical (unpaired) electrons. The van der Waals surface area contributed by atoms with E-state index in [-0.39, 0.29) is 22.4 Å². The van der Waals surface area contributed by atoms with E-state index in [4.69, 9.17) is 0 Å². The van der Waals surface area contributed by atoms with Gasteiger partial charge in [0.2, 0.25) is 16.0 Å². The maximum absolute atomic E-state index is 13.4. The molecule has 1 saturated carbocycles. The smallest absolute Gasteiger partial charge is 0.263 e. The zero-order valence-corrected chi connectivity index (χ0v) is 18.0. The lowest BCUT2D eigenvalue weighted by Crippen LogP contribution is -2.49.